The van der Waals surface area contributed by atoms with Crippen molar-refractivity contribution in [3.8, 4) is 0 Å². The Hall–Kier alpha value is -2.37. The molecular formula is C20H27N3O3. The molecule has 1 saturated carbocycles. The Morgan fingerprint density at radius 2 is 1.88 bits per heavy atom. The number of urea groups is 1. The standard InChI is InChI=1S/C20H27N3O3/c1-13(2)11-22(16-9-10-16)17(24)12-23-18(25)20(4,21-19(23)26)15-7-5-14(3)6-8-15/h5-8,13,16H,9-12H2,1-4H3,(H,21,26). The second-order valence-corrected chi connectivity index (χ2v) is 7.98. The number of hydrogen-bond donors (Lipinski definition) is 1. The van der Waals surface area contributed by atoms with Crippen molar-refractivity contribution >= 4 is 17.8 Å². The zero-order valence-corrected chi connectivity index (χ0v) is 15.9. The first kappa shape index (κ1) is 18.4. The van der Waals surface area contributed by atoms with Gasteiger partial charge in [-0.15, -0.1) is 0 Å². The van der Waals surface area contributed by atoms with Gasteiger partial charge in [0.1, 0.15) is 12.1 Å². The summed E-state index contributed by atoms with van der Waals surface area (Å²) in [4.78, 5) is 41.0. The summed E-state index contributed by atoms with van der Waals surface area (Å²) in [6.07, 6.45) is 2.00. The molecular weight excluding hydrogens is 330 g/mol. The number of hydrogen-bond acceptors (Lipinski definition) is 3. The van der Waals surface area contributed by atoms with Gasteiger partial charge in [-0.05, 0) is 38.2 Å². The monoisotopic (exact) mass is 357 g/mol. The zero-order valence-electron chi connectivity index (χ0n) is 15.9. The molecule has 1 saturated heterocycles. The summed E-state index contributed by atoms with van der Waals surface area (Å²) in [6.45, 7) is 8.23. The Morgan fingerprint density at radius 1 is 1.27 bits per heavy atom. The quantitative estimate of drug-likeness (QED) is 0.795. The van der Waals surface area contributed by atoms with Gasteiger partial charge in [0.2, 0.25) is 5.91 Å². The molecule has 0 aromatic heterocycles. The number of amides is 4. The van der Waals surface area contributed by atoms with E-state index in [-0.39, 0.29) is 24.4 Å². The molecule has 26 heavy (non-hydrogen) atoms. The maximum absolute atomic E-state index is 13.0. The van der Waals surface area contributed by atoms with Crippen LogP contribution in [0.4, 0.5) is 4.79 Å². The molecule has 1 aliphatic heterocycles. The van der Waals surface area contributed by atoms with E-state index < -0.39 is 11.6 Å². The van der Waals surface area contributed by atoms with Gasteiger partial charge in [0.05, 0.1) is 0 Å². The van der Waals surface area contributed by atoms with E-state index in [0.717, 1.165) is 28.9 Å². The predicted molar refractivity (Wildman–Crippen MR) is 98.3 cm³/mol. The molecule has 4 amide bonds. The number of nitrogens with one attached hydrogen (secondary N) is 1. The molecule has 140 valence electrons. The van der Waals surface area contributed by atoms with E-state index in [1.807, 2.05) is 36.1 Å². The van der Waals surface area contributed by atoms with E-state index in [0.29, 0.717) is 12.5 Å². The first-order chi connectivity index (χ1) is 12.2. The van der Waals surface area contributed by atoms with Gasteiger partial charge in [-0.25, -0.2) is 4.79 Å². The van der Waals surface area contributed by atoms with Crippen molar-refractivity contribution in [1.29, 1.82) is 0 Å². The minimum absolute atomic E-state index is 0.155. The van der Waals surface area contributed by atoms with Crippen molar-refractivity contribution in [1.82, 2.24) is 15.1 Å². The number of aryl methyl sites for hydroxylation is 1. The molecule has 1 N–H and O–H groups in total. The summed E-state index contributed by atoms with van der Waals surface area (Å²) in [5.74, 6) is -0.182. The van der Waals surface area contributed by atoms with Crippen LogP contribution in [-0.2, 0) is 15.1 Å². The van der Waals surface area contributed by atoms with Gasteiger partial charge >= 0.3 is 6.03 Å². The van der Waals surface area contributed by atoms with Gasteiger partial charge in [0.15, 0.2) is 0 Å². The van der Waals surface area contributed by atoms with E-state index >= 15 is 0 Å². The maximum atomic E-state index is 13.0. The summed E-state index contributed by atoms with van der Waals surface area (Å²) in [5.41, 5.74) is 0.667. The second kappa shape index (κ2) is 6.74. The lowest BCUT2D eigenvalue weighted by Gasteiger charge is -2.26. The highest BCUT2D eigenvalue weighted by Crippen LogP contribution is 2.31. The Balaban J connectivity index is 1.76. The lowest BCUT2D eigenvalue weighted by Crippen LogP contribution is -2.46. The van der Waals surface area contributed by atoms with Crippen LogP contribution in [0.2, 0.25) is 0 Å². The van der Waals surface area contributed by atoms with Crippen LogP contribution in [0.3, 0.4) is 0 Å². The average molecular weight is 357 g/mol. The number of benzene rings is 1. The molecule has 0 spiro atoms. The fourth-order valence-corrected chi connectivity index (χ4v) is 3.38. The van der Waals surface area contributed by atoms with E-state index in [1.165, 1.54) is 0 Å². The normalized spacial score (nSPS) is 22.7. The fourth-order valence-electron chi connectivity index (χ4n) is 3.38. The highest BCUT2D eigenvalue weighted by molar-refractivity contribution is 6.09. The van der Waals surface area contributed by atoms with Crippen molar-refractivity contribution in [2.75, 3.05) is 13.1 Å². The predicted octanol–water partition coefficient (Wildman–Crippen LogP) is 2.41. The van der Waals surface area contributed by atoms with Crippen molar-refractivity contribution < 1.29 is 14.4 Å². The third-order valence-corrected chi connectivity index (χ3v) is 5.07. The molecule has 2 fully saturated rings. The topological polar surface area (TPSA) is 69.7 Å². The number of rotatable bonds is 6. The van der Waals surface area contributed by atoms with Gasteiger partial charge in [0.25, 0.3) is 5.91 Å². The van der Waals surface area contributed by atoms with Crippen LogP contribution in [0, 0.1) is 12.8 Å². The van der Waals surface area contributed by atoms with Crippen LogP contribution < -0.4 is 5.32 Å². The van der Waals surface area contributed by atoms with Crippen LogP contribution >= 0.6 is 0 Å². The zero-order chi connectivity index (χ0) is 19.1. The number of carbonyl (C=O) groups excluding carboxylic acids is 3. The van der Waals surface area contributed by atoms with Gasteiger partial charge in [0, 0.05) is 12.6 Å². The van der Waals surface area contributed by atoms with Crippen molar-refractivity contribution in [2.45, 2.75) is 52.1 Å². The van der Waals surface area contributed by atoms with Crippen molar-refractivity contribution in [3.05, 3.63) is 35.4 Å². The average Bonchev–Trinajstić information content (AvgIpc) is 3.38. The smallest absolute Gasteiger partial charge is 0.325 e. The molecule has 1 heterocycles. The minimum Gasteiger partial charge on any atom is -0.338 e. The number of imide groups is 1. The van der Waals surface area contributed by atoms with Crippen LogP contribution in [0.1, 0.15) is 44.7 Å². The van der Waals surface area contributed by atoms with Gasteiger partial charge in [-0.1, -0.05) is 43.7 Å². The third-order valence-electron chi connectivity index (χ3n) is 5.07. The van der Waals surface area contributed by atoms with E-state index in [1.54, 1.807) is 6.92 Å². The molecule has 6 heteroatoms. The molecule has 0 radical (unpaired) electrons. The van der Waals surface area contributed by atoms with Crippen molar-refractivity contribution in [2.24, 2.45) is 5.92 Å². The Bertz CT molecular complexity index is 724. The molecule has 1 aromatic carbocycles. The third kappa shape index (κ3) is 3.45. The van der Waals surface area contributed by atoms with E-state index in [9.17, 15) is 14.4 Å². The van der Waals surface area contributed by atoms with E-state index in [4.69, 9.17) is 0 Å². The summed E-state index contributed by atoms with van der Waals surface area (Å²) >= 11 is 0. The largest absolute Gasteiger partial charge is 0.338 e. The van der Waals surface area contributed by atoms with Crippen LogP contribution in [0.5, 0.6) is 0 Å². The van der Waals surface area contributed by atoms with Gasteiger partial charge in [-0.3, -0.25) is 14.5 Å². The van der Waals surface area contributed by atoms with Crippen LogP contribution in [-0.4, -0.2) is 46.8 Å². The summed E-state index contributed by atoms with van der Waals surface area (Å²) in [5, 5.41) is 2.76. The first-order valence-corrected chi connectivity index (χ1v) is 9.23. The van der Waals surface area contributed by atoms with E-state index in [2.05, 4.69) is 19.2 Å². The summed E-state index contributed by atoms with van der Waals surface area (Å²) < 4.78 is 0. The molecule has 0 bridgehead atoms. The fraction of sp³-hybridized carbons (Fsp3) is 0.550. The molecule has 1 unspecified atom stereocenters. The Morgan fingerprint density at radius 3 is 2.42 bits per heavy atom. The number of nitrogens with zero attached hydrogens (tertiary/aromatic N) is 2. The SMILES string of the molecule is Cc1ccc(C2(C)NC(=O)N(CC(=O)N(CC(C)C)C3CC3)C2=O)cc1. The van der Waals surface area contributed by atoms with Crippen LogP contribution in [0.15, 0.2) is 24.3 Å². The van der Waals surface area contributed by atoms with Gasteiger partial charge in [-0.2, -0.15) is 0 Å². The summed E-state index contributed by atoms with van der Waals surface area (Å²) in [7, 11) is 0. The molecule has 6 nitrogen and oxygen atoms in total. The summed E-state index contributed by atoms with van der Waals surface area (Å²) in [6, 6.07) is 7.25. The van der Waals surface area contributed by atoms with Crippen LogP contribution in [0.25, 0.3) is 0 Å². The Kier molecular flexibility index (Phi) is 4.78. The highest BCUT2D eigenvalue weighted by Gasteiger charge is 2.50. The molecule has 1 aliphatic carbocycles. The Labute approximate surface area is 154 Å². The number of carbonyl (C=O) groups is 3. The minimum atomic E-state index is -1.13. The molecule has 2 aliphatic rings. The first-order valence-electron chi connectivity index (χ1n) is 9.23. The lowest BCUT2D eigenvalue weighted by atomic mass is 9.91. The second-order valence-electron chi connectivity index (χ2n) is 7.98. The molecule has 1 aromatic rings. The lowest BCUT2D eigenvalue weighted by molar-refractivity contribution is -0.139. The molecule has 1 atom stereocenters. The highest BCUT2D eigenvalue weighted by atomic mass is 16.2. The molecule has 3 rings (SSSR count). The van der Waals surface area contributed by atoms with Gasteiger partial charge < -0.3 is 10.2 Å². The van der Waals surface area contributed by atoms with Crippen molar-refractivity contribution in [3.63, 3.8) is 0 Å². The maximum Gasteiger partial charge on any atom is 0.325 e.